The third-order valence-electron chi connectivity index (χ3n) is 3.25. The number of pyridine rings is 1. The molecule has 0 aromatic carbocycles. The summed E-state index contributed by atoms with van der Waals surface area (Å²) in [6, 6.07) is 0.636. The maximum atomic E-state index is 13.4. The number of halogens is 2. The van der Waals surface area contributed by atoms with Crippen LogP contribution in [0.25, 0.3) is 0 Å². The first-order valence-electron chi connectivity index (χ1n) is 6.35. The molecular weight excluding hydrogens is 266 g/mol. The first-order chi connectivity index (χ1) is 9.49. The number of carbonyl (C=O) groups is 1. The largest absolute Gasteiger partial charge is 0.374 e. The Labute approximate surface area is 115 Å². The van der Waals surface area contributed by atoms with Gasteiger partial charge in [0.15, 0.2) is 11.5 Å². The zero-order valence-electron chi connectivity index (χ0n) is 11.2. The molecule has 1 aromatic rings. The van der Waals surface area contributed by atoms with Gasteiger partial charge in [-0.3, -0.25) is 4.79 Å². The molecule has 2 atom stereocenters. The average Bonchev–Trinajstić information content (AvgIpc) is 2.84. The molecule has 2 rings (SSSR count). The Morgan fingerprint density at radius 1 is 1.60 bits per heavy atom. The first kappa shape index (κ1) is 14.6. The summed E-state index contributed by atoms with van der Waals surface area (Å²) < 4.78 is 31.6. The monoisotopic (exact) mass is 282 g/mol. The van der Waals surface area contributed by atoms with Crippen LogP contribution in [0.2, 0.25) is 0 Å². The van der Waals surface area contributed by atoms with Gasteiger partial charge in [-0.25, -0.2) is 13.8 Å². The molecule has 6 heteroatoms. The van der Waals surface area contributed by atoms with Gasteiger partial charge in [0.05, 0.1) is 12.3 Å². The van der Waals surface area contributed by atoms with E-state index < -0.39 is 23.2 Å². The highest BCUT2D eigenvalue weighted by molar-refractivity contribution is 5.92. The van der Waals surface area contributed by atoms with Gasteiger partial charge in [-0.05, 0) is 13.3 Å². The second-order valence-electron chi connectivity index (χ2n) is 4.88. The van der Waals surface area contributed by atoms with Crippen molar-refractivity contribution in [1.82, 2.24) is 10.3 Å². The van der Waals surface area contributed by atoms with Gasteiger partial charge in [0.1, 0.15) is 5.82 Å². The molecule has 1 aliphatic heterocycles. The number of carbonyl (C=O) groups excluding carboxylic acids is 1. The third kappa shape index (κ3) is 3.19. The summed E-state index contributed by atoms with van der Waals surface area (Å²) in [5, 5.41) is 2.60. The van der Waals surface area contributed by atoms with Crippen molar-refractivity contribution >= 4 is 5.91 Å². The first-order valence-corrected chi connectivity index (χ1v) is 6.35. The molecule has 1 aromatic heterocycles. The van der Waals surface area contributed by atoms with E-state index in [4.69, 9.17) is 4.74 Å². The van der Waals surface area contributed by atoms with E-state index in [2.05, 4.69) is 16.9 Å². The van der Waals surface area contributed by atoms with Gasteiger partial charge in [-0.15, -0.1) is 0 Å². The molecule has 1 aliphatic rings. The van der Waals surface area contributed by atoms with Crippen LogP contribution in [0.15, 0.2) is 24.4 Å². The molecule has 1 amide bonds. The highest BCUT2D eigenvalue weighted by Gasteiger charge is 2.29. The summed E-state index contributed by atoms with van der Waals surface area (Å²) in [7, 11) is 0. The molecular formula is C14H16F2N2O2. The molecule has 1 N–H and O–H groups in total. The van der Waals surface area contributed by atoms with E-state index in [-0.39, 0.29) is 12.0 Å². The molecule has 20 heavy (non-hydrogen) atoms. The van der Waals surface area contributed by atoms with Crippen molar-refractivity contribution in [2.45, 2.75) is 19.4 Å². The van der Waals surface area contributed by atoms with Crippen LogP contribution >= 0.6 is 0 Å². The quantitative estimate of drug-likeness (QED) is 0.860. The zero-order chi connectivity index (χ0) is 14.7. The number of hydrogen-bond acceptors (Lipinski definition) is 3. The molecule has 1 fully saturated rings. The van der Waals surface area contributed by atoms with Crippen LogP contribution in [0.3, 0.4) is 0 Å². The Balaban J connectivity index is 1.97. The SMILES string of the molecule is C=C(C)C1OCCC1CNC(=O)c1ncc(F)cc1F. The highest BCUT2D eigenvalue weighted by Crippen LogP contribution is 2.25. The van der Waals surface area contributed by atoms with Gasteiger partial charge in [0.25, 0.3) is 5.91 Å². The third-order valence-corrected chi connectivity index (χ3v) is 3.25. The van der Waals surface area contributed by atoms with Crippen molar-refractivity contribution in [3.8, 4) is 0 Å². The molecule has 108 valence electrons. The number of hydrogen-bond donors (Lipinski definition) is 1. The summed E-state index contributed by atoms with van der Waals surface area (Å²) in [6.45, 7) is 6.67. The van der Waals surface area contributed by atoms with Crippen LogP contribution in [0.5, 0.6) is 0 Å². The lowest BCUT2D eigenvalue weighted by Gasteiger charge is -2.18. The van der Waals surface area contributed by atoms with Crippen molar-refractivity contribution in [2.24, 2.45) is 5.92 Å². The van der Waals surface area contributed by atoms with Gasteiger partial charge < -0.3 is 10.1 Å². The average molecular weight is 282 g/mol. The lowest BCUT2D eigenvalue weighted by atomic mass is 9.97. The Morgan fingerprint density at radius 2 is 2.35 bits per heavy atom. The number of aromatic nitrogens is 1. The van der Waals surface area contributed by atoms with E-state index in [1.807, 2.05) is 6.92 Å². The molecule has 0 radical (unpaired) electrons. The van der Waals surface area contributed by atoms with Gasteiger partial charge in [-0.1, -0.05) is 12.2 Å². The van der Waals surface area contributed by atoms with Crippen LogP contribution in [-0.2, 0) is 4.74 Å². The minimum Gasteiger partial charge on any atom is -0.374 e. The van der Waals surface area contributed by atoms with E-state index in [1.165, 1.54) is 0 Å². The Kier molecular flexibility index (Phi) is 4.44. The topological polar surface area (TPSA) is 51.2 Å². The number of ether oxygens (including phenoxy) is 1. The number of nitrogens with one attached hydrogen (secondary N) is 1. The predicted molar refractivity (Wildman–Crippen MR) is 69.1 cm³/mol. The summed E-state index contributed by atoms with van der Waals surface area (Å²) in [4.78, 5) is 15.3. The summed E-state index contributed by atoms with van der Waals surface area (Å²) in [6.07, 6.45) is 1.52. The van der Waals surface area contributed by atoms with E-state index in [0.717, 1.165) is 18.2 Å². The van der Waals surface area contributed by atoms with Crippen LogP contribution in [0.1, 0.15) is 23.8 Å². The standard InChI is InChI=1S/C14H16F2N2O2/c1-8(2)13-9(3-4-20-13)6-18-14(19)12-11(16)5-10(15)7-17-12/h5,7,9,13H,1,3-4,6H2,2H3,(H,18,19). The van der Waals surface area contributed by atoms with Gasteiger partial charge in [-0.2, -0.15) is 0 Å². The minimum absolute atomic E-state index is 0.0960. The van der Waals surface area contributed by atoms with E-state index in [9.17, 15) is 13.6 Å². The number of nitrogens with zero attached hydrogens (tertiary/aromatic N) is 1. The molecule has 0 spiro atoms. The molecule has 4 nitrogen and oxygen atoms in total. The van der Waals surface area contributed by atoms with Crippen molar-refractivity contribution < 1.29 is 18.3 Å². The molecule has 0 saturated carbocycles. The highest BCUT2D eigenvalue weighted by atomic mass is 19.1. The molecule has 0 aliphatic carbocycles. The molecule has 2 heterocycles. The van der Waals surface area contributed by atoms with Crippen LogP contribution < -0.4 is 5.32 Å². The summed E-state index contributed by atoms with van der Waals surface area (Å²) in [5.74, 6) is -2.33. The zero-order valence-corrected chi connectivity index (χ0v) is 11.2. The van der Waals surface area contributed by atoms with Crippen molar-refractivity contribution in [1.29, 1.82) is 0 Å². The summed E-state index contributed by atoms with van der Waals surface area (Å²) in [5.41, 5.74) is 0.491. The fourth-order valence-corrected chi connectivity index (χ4v) is 2.28. The van der Waals surface area contributed by atoms with Crippen molar-refractivity contribution in [3.05, 3.63) is 41.7 Å². The van der Waals surface area contributed by atoms with E-state index in [0.29, 0.717) is 19.2 Å². The minimum atomic E-state index is -0.971. The molecule has 0 bridgehead atoms. The Hall–Kier alpha value is -1.82. The van der Waals surface area contributed by atoms with Crippen LogP contribution in [0, 0.1) is 17.6 Å². The maximum Gasteiger partial charge on any atom is 0.272 e. The maximum absolute atomic E-state index is 13.4. The van der Waals surface area contributed by atoms with Gasteiger partial charge in [0.2, 0.25) is 0 Å². The van der Waals surface area contributed by atoms with Gasteiger partial charge >= 0.3 is 0 Å². The fourth-order valence-electron chi connectivity index (χ4n) is 2.28. The van der Waals surface area contributed by atoms with Crippen molar-refractivity contribution in [2.75, 3.05) is 13.2 Å². The normalized spacial score (nSPS) is 21.8. The lowest BCUT2D eigenvalue weighted by molar-refractivity contribution is 0.0916. The smallest absolute Gasteiger partial charge is 0.272 e. The molecule has 1 saturated heterocycles. The summed E-state index contributed by atoms with van der Waals surface area (Å²) >= 11 is 0. The second-order valence-corrected chi connectivity index (χ2v) is 4.88. The Bertz CT molecular complexity index is 534. The second kappa shape index (κ2) is 6.09. The van der Waals surface area contributed by atoms with Crippen LogP contribution in [-0.4, -0.2) is 30.1 Å². The van der Waals surface area contributed by atoms with E-state index in [1.54, 1.807) is 0 Å². The number of rotatable bonds is 4. The number of amides is 1. The van der Waals surface area contributed by atoms with Crippen LogP contribution in [0.4, 0.5) is 8.78 Å². The van der Waals surface area contributed by atoms with E-state index >= 15 is 0 Å². The predicted octanol–water partition coefficient (Wildman–Crippen LogP) is 2.07. The van der Waals surface area contributed by atoms with Gasteiger partial charge in [0, 0.05) is 25.1 Å². The molecule has 2 unspecified atom stereocenters. The Morgan fingerprint density at radius 3 is 3.00 bits per heavy atom. The fraction of sp³-hybridized carbons (Fsp3) is 0.429. The van der Waals surface area contributed by atoms with Crippen molar-refractivity contribution in [3.63, 3.8) is 0 Å². The lowest BCUT2D eigenvalue weighted by Crippen LogP contribution is -2.34.